The summed E-state index contributed by atoms with van der Waals surface area (Å²) in [6, 6.07) is 4.03. The predicted octanol–water partition coefficient (Wildman–Crippen LogP) is 3.31. The molecule has 2 aliphatic heterocycles. The second-order valence-electron chi connectivity index (χ2n) is 6.89. The molecule has 2 heterocycles. The summed E-state index contributed by atoms with van der Waals surface area (Å²) < 4.78 is 6.09. The lowest BCUT2D eigenvalue weighted by molar-refractivity contribution is 0.204. The topological polar surface area (TPSA) is 27.7 Å². The Bertz CT molecular complexity index is 526. The van der Waals surface area contributed by atoms with Crippen LogP contribution in [0.1, 0.15) is 31.2 Å². The molecule has 4 nitrogen and oxygen atoms in total. The Balaban J connectivity index is 1.55. The highest BCUT2D eigenvalue weighted by Gasteiger charge is 2.16. The molecule has 2 aliphatic rings. The summed E-state index contributed by atoms with van der Waals surface area (Å²) in [6.45, 7) is 10.7. The Kier molecular flexibility index (Phi) is 6.64. The number of hydrogen-bond donors (Lipinski definition) is 1. The Labute approximate surface area is 151 Å². The molecular weight excluding hydrogens is 322 g/mol. The standard InChI is InChI=1S/C19H30ClN3O/c1-16-18(23-11-6-21-7-12-23)14-17(20)15-19(16)24-13-5-10-22-8-3-2-4-9-22/h14-15,21H,2-13H2,1H3. The molecule has 2 fully saturated rings. The van der Waals surface area contributed by atoms with Crippen LogP contribution in [0.3, 0.4) is 0 Å². The first-order chi connectivity index (χ1) is 11.7. The van der Waals surface area contributed by atoms with Gasteiger partial charge in [-0.05, 0) is 51.4 Å². The maximum absolute atomic E-state index is 6.35. The molecule has 3 rings (SSSR count). The zero-order valence-corrected chi connectivity index (χ0v) is 15.6. The highest BCUT2D eigenvalue weighted by Crippen LogP contribution is 2.33. The first-order valence-electron chi connectivity index (χ1n) is 9.35. The fraction of sp³-hybridized carbons (Fsp3) is 0.684. The van der Waals surface area contributed by atoms with E-state index in [1.807, 2.05) is 6.07 Å². The minimum absolute atomic E-state index is 0.763. The van der Waals surface area contributed by atoms with E-state index >= 15 is 0 Å². The van der Waals surface area contributed by atoms with Crippen LogP contribution in [0.15, 0.2) is 12.1 Å². The molecule has 1 N–H and O–H groups in total. The van der Waals surface area contributed by atoms with Gasteiger partial charge in [-0.15, -0.1) is 0 Å². The SMILES string of the molecule is Cc1c(OCCCN2CCCCC2)cc(Cl)cc1N1CCNCC1. The average molecular weight is 352 g/mol. The van der Waals surface area contributed by atoms with Crippen LogP contribution < -0.4 is 15.0 Å². The van der Waals surface area contributed by atoms with Crippen molar-refractivity contribution >= 4 is 17.3 Å². The number of ether oxygens (including phenoxy) is 1. The number of piperazine rings is 1. The Morgan fingerprint density at radius 1 is 1.08 bits per heavy atom. The maximum Gasteiger partial charge on any atom is 0.125 e. The zero-order valence-electron chi connectivity index (χ0n) is 14.8. The quantitative estimate of drug-likeness (QED) is 0.796. The Hall–Kier alpha value is -0.970. The molecule has 5 heteroatoms. The summed E-state index contributed by atoms with van der Waals surface area (Å²) in [4.78, 5) is 4.96. The summed E-state index contributed by atoms with van der Waals surface area (Å²) in [5.41, 5.74) is 2.43. The number of rotatable bonds is 6. The van der Waals surface area contributed by atoms with Crippen molar-refractivity contribution in [1.82, 2.24) is 10.2 Å². The van der Waals surface area contributed by atoms with Crippen LogP contribution >= 0.6 is 11.6 Å². The second-order valence-corrected chi connectivity index (χ2v) is 7.33. The van der Waals surface area contributed by atoms with Gasteiger partial charge < -0.3 is 19.9 Å². The smallest absolute Gasteiger partial charge is 0.125 e. The van der Waals surface area contributed by atoms with E-state index in [-0.39, 0.29) is 0 Å². The minimum Gasteiger partial charge on any atom is -0.493 e. The number of halogens is 1. The highest BCUT2D eigenvalue weighted by molar-refractivity contribution is 6.31. The maximum atomic E-state index is 6.35. The molecule has 0 amide bonds. The van der Waals surface area contributed by atoms with E-state index in [0.717, 1.165) is 56.5 Å². The van der Waals surface area contributed by atoms with Crippen LogP contribution in [-0.4, -0.2) is 57.3 Å². The van der Waals surface area contributed by atoms with Crippen LogP contribution in [-0.2, 0) is 0 Å². The van der Waals surface area contributed by atoms with E-state index in [0.29, 0.717) is 0 Å². The molecule has 1 aromatic carbocycles. The Morgan fingerprint density at radius 2 is 1.83 bits per heavy atom. The van der Waals surface area contributed by atoms with Gasteiger partial charge in [0.25, 0.3) is 0 Å². The number of benzene rings is 1. The summed E-state index contributed by atoms with van der Waals surface area (Å²) in [5, 5.41) is 4.16. The molecule has 2 saturated heterocycles. The van der Waals surface area contributed by atoms with Crippen molar-refractivity contribution in [2.45, 2.75) is 32.6 Å². The zero-order chi connectivity index (χ0) is 16.8. The molecular formula is C19H30ClN3O. The summed E-state index contributed by atoms with van der Waals surface area (Å²) in [7, 11) is 0. The molecule has 0 unspecified atom stereocenters. The normalized spacial score (nSPS) is 19.5. The molecule has 134 valence electrons. The van der Waals surface area contributed by atoms with Gasteiger partial charge in [0.05, 0.1) is 6.61 Å². The van der Waals surface area contributed by atoms with E-state index in [1.54, 1.807) is 0 Å². The second kappa shape index (κ2) is 8.93. The molecule has 0 bridgehead atoms. The van der Waals surface area contributed by atoms with Gasteiger partial charge in [-0.1, -0.05) is 18.0 Å². The number of piperidine rings is 1. The van der Waals surface area contributed by atoms with Crippen LogP contribution in [0.25, 0.3) is 0 Å². The highest BCUT2D eigenvalue weighted by atomic mass is 35.5. The first kappa shape index (κ1) is 17.8. The molecule has 0 aliphatic carbocycles. The van der Waals surface area contributed by atoms with Crippen LogP contribution in [0.4, 0.5) is 5.69 Å². The van der Waals surface area contributed by atoms with Gasteiger partial charge in [0.15, 0.2) is 0 Å². The lowest BCUT2D eigenvalue weighted by atomic mass is 10.1. The number of anilines is 1. The van der Waals surface area contributed by atoms with Gasteiger partial charge in [0, 0.05) is 49.0 Å². The van der Waals surface area contributed by atoms with Gasteiger partial charge in [-0.25, -0.2) is 0 Å². The van der Waals surface area contributed by atoms with Crippen molar-refractivity contribution in [3.63, 3.8) is 0 Å². The third kappa shape index (κ3) is 4.78. The summed E-state index contributed by atoms with van der Waals surface area (Å²) in [5.74, 6) is 0.940. The molecule has 0 saturated carbocycles. The number of nitrogens with one attached hydrogen (secondary N) is 1. The molecule has 0 spiro atoms. The summed E-state index contributed by atoms with van der Waals surface area (Å²) in [6.07, 6.45) is 5.17. The minimum atomic E-state index is 0.763. The molecule has 0 radical (unpaired) electrons. The van der Waals surface area contributed by atoms with Crippen molar-refractivity contribution in [1.29, 1.82) is 0 Å². The van der Waals surface area contributed by atoms with Crippen molar-refractivity contribution in [2.24, 2.45) is 0 Å². The van der Waals surface area contributed by atoms with Gasteiger partial charge >= 0.3 is 0 Å². The van der Waals surface area contributed by atoms with Crippen molar-refractivity contribution in [3.8, 4) is 5.75 Å². The van der Waals surface area contributed by atoms with E-state index in [1.165, 1.54) is 43.6 Å². The fourth-order valence-corrected chi connectivity index (χ4v) is 3.88. The van der Waals surface area contributed by atoms with Crippen molar-refractivity contribution < 1.29 is 4.74 Å². The van der Waals surface area contributed by atoms with E-state index < -0.39 is 0 Å². The number of likely N-dealkylation sites (tertiary alicyclic amines) is 1. The van der Waals surface area contributed by atoms with Gasteiger partial charge in [0.1, 0.15) is 5.75 Å². The molecule has 1 aromatic rings. The number of hydrogen-bond acceptors (Lipinski definition) is 4. The predicted molar refractivity (Wildman–Crippen MR) is 102 cm³/mol. The number of nitrogens with zero attached hydrogens (tertiary/aromatic N) is 2. The van der Waals surface area contributed by atoms with Crippen molar-refractivity contribution in [2.75, 3.05) is 57.3 Å². The van der Waals surface area contributed by atoms with Gasteiger partial charge in [0.2, 0.25) is 0 Å². The van der Waals surface area contributed by atoms with E-state index in [9.17, 15) is 0 Å². The molecule has 0 aromatic heterocycles. The lowest BCUT2D eigenvalue weighted by Gasteiger charge is -2.31. The monoisotopic (exact) mass is 351 g/mol. The third-order valence-corrected chi connectivity index (χ3v) is 5.30. The molecule has 24 heavy (non-hydrogen) atoms. The third-order valence-electron chi connectivity index (χ3n) is 5.08. The van der Waals surface area contributed by atoms with Crippen LogP contribution in [0.5, 0.6) is 5.75 Å². The largest absolute Gasteiger partial charge is 0.493 e. The van der Waals surface area contributed by atoms with Crippen molar-refractivity contribution in [3.05, 3.63) is 22.7 Å². The average Bonchev–Trinajstić information content (AvgIpc) is 2.63. The summed E-state index contributed by atoms with van der Waals surface area (Å²) >= 11 is 6.35. The van der Waals surface area contributed by atoms with Crippen LogP contribution in [0, 0.1) is 6.92 Å². The first-order valence-corrected chi connectivity index (χ1v) is 9.73. The Morgan fingerprint density at radius 3 is 2.58 bits per heavy atom. The van der Waals surface area contributed by atoms with Gasteiger partial charge in [-0.3, -0.25) is 0 Å². The fourth-order valence-electron chi connectivity index (χ4n) is 3.68. The molecule has 0 atom stereocenters. The van der Waals surface area contributed by atoms with E-state index in [4.69, 9.17) is 16.3 Å². The van der Waals surface area contributed by atoms with Crippen LogP contribution in [0.2, 0.25) is 5.02 Å². The lowest BCUT2D eigenvalue weighted by Crippen LogP contribution is -2.43. The van der Waals surface area contributed by atoms with E-state index in [2.05, 4.69) is 28.1 Å². The van der Waals surface area contributed by atoms with Gasteiger partial charge in [-0.2, -0.15) is 0 Å².